The maximum Gasteiger partial charge on any atom is 0.198 e. The van der Waals surface area contributed by atoms with Crippen molar-refractivity contribution in [3.63, 3.8) is 0 Å². The summed E-state index contributed by atoms with van der Waals surface area (Å²) >= 11 is 8.11. The van der Waals surface area contributed by atoms with Crippen LogP contribution >= 0.6 is 23.4 Å². The summed E-state index contributed by atoms with van der Waals surface area (Å²) in [6, 6.07) is 0. The first-order chi connectivity index (χ1) is 8.53. The molecule has 0 amide bonds. The van der Waals surface area contributed by atoms with Crippen molar-refractivity contribution in [1.82, 2.24) is 19.6 Å². The zero-order valence-electron chi connectivity index (χ0n) is 10.7. The topological polar surface area (TPSA) is 43.1 Å². The lowest BCUT2D eigenvalue weighted by molar-refractivity contribution is 0.594. The van der Waals surface area contributed by atoms with E-state index in [-0.39, 0.29) is 4.75 Å². The minimum atomic E-state index is 0.0430. The molecule has 6 heteroatoms. The third-order valence-electron chi connectivity index (χ3n) is 3.66. The van der Waals surface area contributed by atoms with Crippen LogP contribution in [0, 0.1) is 13.8 Å². The van der Waals surface area contributed by atoms with E-state index in [1.807, 2.05) is 25.6 Å². The van der Waals surface area contributed by atoms with Gasteiger partial charge in [-0.2, -0.15) is 0 Å². The number of aryl methyl sites for hydroxylation is 2. The number of thioether (sulfide) groups is 1. The van der Waals surface area contributed by atoms with Gasteiger partial charge >= 0.3 is 0 Å². The van der Waals surface area contributed by atoms with E-state index in [1.165, 1.54) is 12.2 Å². The minimum Gasteiger partial charge on any atom is -0.278 e. The van der Waals surface area contributed by atoms with Crippen molar-refractivity contribution in [2.75, 3.05) is 5.75 Å². The fourth-order valence-corrected chi connectivity index (χ4v) is 4.01. The van der Waals surface area contributed by atoms with Gasteiger partial charge in [-0.25, -0.2) is 4.98 Å². The molecule has 96 valence electrons. The van der Waals surface area contributed by atoms with Crippen LogP contribution in [0.2, 0.25) is 5.15 Å². The molecular formula is C12H15ClN4S. The first-order valence-electron chi connectivity index (χ1n) is 6.05. The molecule has 1 saturated heterocycles. The molecule has 4 nitrogen and oxygen atoms in total. The van der Waals surface area contributed by atoms with Gasteiger partial charge in [-0.1, -0.05) is 11.6 Å². The van der Waals surface area contributed by atoms with E-state index in [9.17, 15) is 0 Å². The standard InChI is InChI=1S/C12H15ClN4S/c1-7-8(2)17-10(9(13)14-7)15-16-11(17)12(3)5-4-6-18-12/h4-6H2,1-3H3. The SMILES string of the molecule is Cc1nc(Cl)c2nnc(C3(C)CCCS3)n2c1C. The highest BCUT2D eigenvalue weighted by molar-refractivity contribution is 8.00. The van der Waals surface area contributed by atoms with Crippen LogP contribution in [-0.2, 0) is 4.75 Å². The molecule has 1 aliphatic rings. The third-order valence-corrected chi connectivity index (χ3v) is 5.43. The summed E-state index contributed by atoms with van der Waals surface area (Å²) in [7, 11) is 0. The Morgan fingerprint density at radius 2 is 2.11 bits per heavy atom. The van der Waals surface area contributed by atoms with Gasteiger partial charge < -0.3 is 0 Å². The van der Waals surface area contributed by atoms with Gasteiger partial charge in [0.2, 0.25) is 0 Å². The lowest BCUT2D eigenvalue weighted by atomic mass is 10.0. The third kappa shape index (κ3) is 1.64. The molecule has 0 N–H and O–H groups in total. The summed E-state index contributed by atoms with van der Waals surface area (Å²) in [6.07, 6.45) is 2.36. The number of fused-ring (bicyclic) bond motifs is 1. The van der Waals surface area contributed by atoms with Gasteiger partial charge in [0.25, 0.3) is 0 Å². The van der Waals surface area contributed by atoms with E-state index in [2.05, 4.69) is 26.5 Å². The average molecular weight is 283 g/mol. The summed E-state index contributed by atoms with van der Waals surface area (Å²) in [5.41, 5.74) is 2.67. The van der Waals surface area contributed by atoms with Crippen molar-refractivity contribution in [3.8, 4) is 0 Å². The Kier molecular flexibility index (Phi) is 2.79. The van der Waals surface area contributed by atoms with Gasteiger partial charge in [0.15, 0.2) is 16.6 Å². The molecule has 0 aromatic carbocycles. The quantitative estimate of drug-likeness (QED) is 0.806. The lowest BCUT2D eigenvalue weighted by Gasteiger charge is -2.21. The summed E-state index contributed by atoms with van der Waals surface area (Å²) in [5.74, 6) is 2.19. The molecule has 18 heavy (non-hydrogen) atoms. The predicted molar refractivity (Wildman–Crippen MR) is 74.3 cm³/mol. The predicted octanol–water partition coefficient (Wildman–Crippen LogP) is 3.14. The molecular weight excluding hydrogens is 268 g/mol. The molecule has 2 aromatic heterocycles. The normalized spacial score (nSPS) is 24.0. The molecule has 0 bridgehead atoms. The van der Waals surface area contributed by atoms with Crippen molar-refractivity contribution in [3.05, 3.63) is 22.4 Å². The maximum absolute atomic E-state index is 6.16. The molecule has 1 aliphatic heterocycles. The van der Waals surface area contributed by atoms with Crippen molar-refractivity contribution in [2.45, 2.75) is 38.4 Å². The number of hydrogen-bond acceptors (Lipinski definition) is 4. The molecule has 0 saturated carbocycles. The van der Waals surface area contributed by atoms with E-state index >= 15 is 0 Å². The van der Waals surface area contributed by atoms with E-state index in [4.69, 9.17) is 11.6 Å². The molecule has 0 aliphatic carbocycles. The molecule has 3 rings (SSSR count). The number of rotatable bonds is 1. The highest BCUT2D eigenvalue weighted by Gasteiger charge is 2.36. The number of aromatic nitrogens is 4. The van der Waals surface area contributed by atoms with E-state index < -0.39 is 0 Å². The molecule has 3 heterocycles. The Labute approximate surface area is 115 Å². The molecule has 0 spiro atoms. The molecule has 2 aromatic rings. The van der Waals surface area contributed by atoms with Crippen LogP contribution < -0.4 is 0 Å². The summed E-state index contributed by atoms with van der Waals surface area (Å²) in [6.45, 7) is 6.25. The zero-order chi connectivity index (χ0) is 12.9. The van der Waals surface area contributed by atoms with Crippen LogP contribution in [0.5, 0.6) is 0 Å². The highest BCUT2D eigenvalue weighted by atomic mass is 35.5. The largest absolute Gasteiger partial charge is 0.278 e. The molecule has 1 unspecified atom stereocenters. The first-order valence-corrected chi connectivity index (χ1v) is 7.41. The van der Waals surface area contributed by atoms with Crippen LogP contribution in [0.3, 0.4) is 0 Å². The van der Waals surface area contributed by atoms with E-state index in [0.717, 1.165) is 23.6 Å². The molecule has 1 atom stereocenters. The highest BCUT2D eigenvalue weighted by Crippen LogP contribution is 2.45. The second kappa shape index (κ2) is 4.10. The van der Waals surface area contributed by atoms with E-state index in [1.54, 1.807) is 0 Å². The van der Waals surface area contributed by atoms with E-state index in [0.29, 0.717) is 10.8 Å². The summed E-state index contributed by atoms with van der Waals surface area (Å²) in [4.78, 5) is 4.30. The first kappa shape index (κ1) is 12.2. The van der Waals surface area contributed by atoms with Crippen LogP contribution in [0.25, 0.3) is 5.65 Å². The van der Waals surface area contributed by atoms with Crippen LogP contribution in [0.4, 0.5) is 0 Å². The Morgan fingerprint density at radius 3 is 2.78 bits per heavy atom. The average Bonchev–Trinajstić information content (AvgIpc) is 2.93. The second-order valence-corrected chi connectivity index (χ2v) is 6.89. The van der Waals surface area contributed by atoms with Crippen molar-refractivity contribution in [1.29, 1.82) is 0 Å². The van der Waals surface area contributed by atoms with Crippen LogP contribution in [0.1, 0.15) is 37.0 Å². The van der Waals surface area contributed by atoms with Crippen molar-refractivity contribution >= 4 is 29.0 Å². The smallest absolute Gasteiger partial charge is 0.198 e. The van der Waals surface area contributed by atoms with Crippen LogP contribution in [0.15, 0.2) is 0 Å². The van der Waals surface area contributed by atoms with Gasteiger partial charge in [-0.05, 0) is 39.4 Å². The lowest BCUT2D eigenvalue weighted by Crippen LogP contribution is -2.18. The van der Waals surface area contributed by atoms with Crippen molar-refractivity contribution < 1.29 is 0 Å². The van der Waals surface area contributed by atoms with Gasteiger partial charge in [0.1, 0.15) is 0 Å². The fourth-order valence-electron chi connectivity index (χ4n) is 2.47. The van der Waals surface area contributed by atoms with Crippen molar-refractivity contribution in [2.24, 2.45) is 0 Å². The number of halogens is 1. The summed E-state index contributed by atoms with van der Waals surface area (Å²) in [5, 5.41) is 9.03. The van der Waals surface area contributed by atoms with Gasteiger partial charge in [-0.15, -0.1) is 22.0 Å². The second-order valence-electron chi connectivity index (χ2n) is 4.94. The van der Waals surface area contributed by atoms with Gasteiger partial charge in [0.05, 0.1) is 10.4 Å². The Hall–Kier alpha value is -0.810. The van der Waals surface area contributed by atoms with Gasteiger partial charge in [0, 0.05) is 5.69 Å². The van der Waals surface area contributed by atoms with Crippen LogP contribution in [-0.4, -0.2) is 25.3 Å². The van der Waals surface area contributed by atoms with Gasteiger partial charge in [-0.3, -0.25) is 4.40 Å². The monoisotopic (exact) mass is 282 g/mol. The molecule has 0 radical (unpaired) electrons. The fraction of sp³-hybridized carbons (Fsp3) is 0.583. The summed E-state index contributed by atoms with van der Waals surface area (Å²) < 4.78 is 2.12. The Balaban J connectivity index is 2.31. The Bertz CT molecular complexity index is 616. The number of hydrogen-bond donors (Lipinski definition) is 0. The molecule has 1 fully saturated rings. The number of nitrogens with zero attached hydrogens (tertiary/aromatic N) is 4. The Morgan fingerprint density at radius 1 is 1.33 bits per heavy atom. The maximum atomic E-state index is 6.16. The minimum absolute atomic E-state index is 0.0430. The zero-order valence-corrected chi connectivity index (χ0v) is 12.3.